The van der Waals surface area contributed by atoms with Gasteiger partial charge in [0.15, 0.2) is 0 Å². The van der Waals surface area contributed by atoms with E-state index in [-0.39, 0.29) is 0 Å². The lowest BCUT2D eigenvalue weighted by Crippen LogP contribution is -2.41. The Labute approximate surface area is 105 Å². The zero-order chi connectivity index (χ0) is 13.1. The molecule has 4 nitrogen and oxygen atoms in total. The number of nitrogens with zero attached hydrogens (tertiary/aromatic N) is 1. The third-order valence-corrected chi connectivity index (χ3v) is 2.38. The Kier molecular flexibility index (Phi) is 9.06. The molecule has 0 aromatic carbocycles. The maximum Gasteiger partial charge on any atom is 0.106 e. The number of ether oxygens (including phenoxy) is 2. The van der Waals surface area contributed by atoms with Gasteiger partial charge in [-0.25, -0.2) is 0 Å². The highest BCUT2D eigenvalue weighted by Crippen LogP contribution is 2.07. The van der Waals surface area contributed by atoms with Crippen LogP contribution in [0.1, 0.15) is 34.1 Å². The first kappa shape index (κ1) is 16.4. The van der Waals surface area contributed by atoms with Gasteiger partial charge in [0.05, 0.1) is 19.3 Å². The van der Waals surface area contributed by atoms with E-state index >= 15 is 0 Å². The molecule has 0 spiro atoms. The highest BCUT2D eigenvalue weighted by molar-refractivity contribution is 5.03. The molecule has 0 saturated heterocycles. The topological polar surface area (TPSA) is 54.3 Å². The van der Waals surface area contributed by atoms with E-state index in [1.54, 1.807) is 0 Å². The predicted octanol–water partition coefficient (Wildman–Crippen LogP) is 1.96. The zero-order valence-electron chi connectivity index (χ0n) is 11.6. The fourth-order valence-electron chi connectivity index (χ4n) is 1.39. The standard InChI is InChI=1S/C13H26N2O2/c1-5-15-13(4,11-14)6-7-16-8-9-17-10-12(2)3/h12,15H,5-10H2,1-4H3. The van der Waals surface area contributed by atoms with E-state index in [1.807, 2.05) is 13.8 Å². The van der Waals surface area contributed by atoms with Crippen molar-refractivity contribution in [1.29, 1.82) is 5.26 Å². The van der Waals surface area contributed by atoms with Crippen LogP contribution in [0.3, 0.4) is 0 Å². The van der Waals surface area contributed by atoms with Gasteiger partial charge in [0.1, 0.15) is 5.54 Å². The second-order valence-electron chi connectivity index (χ2n) is 4.81. The Balaban J connectivity index is 3.47. The van der Waals surface area contributed by atoms with Gasteiger partial charge < -0.3 is 9.47 Å². The molecule has 0 saturated carbocycles. The van der Waals surface area contributed by atoms with Gasteiger partial charge in [-0.05, 0) is 19.4 Å². The largest absolute Gasteiger partial charge is 0.379 e. The summed E-state index contributed by atoms with van der Waals surface area (Å²) < 4.78 is 10.8. The monoisotopic (exact) mass is 242 g/mol. The summed E-state index contributed by atoms with van der Waals surface area (Å²) in [7, 11) is 0. The summed E-state index contributed by atoms with van der Waals surface area (Å²) in [4.78, 5) is 0. The summed E-state index contributed by atoms with van der Waals surface area (Å²) in [6.07, 6.45) is 0.696. The summed E-state index contributed by atoms with van der Waals surface area (Å²) in [5.41, 5.74) is -0.479. The molecule has 0 amide bonds. The van der Waals surface area contributed by atoms with Crippen molar-refractivity contribution < 1.29 is 9.47 Å². The normalized spacial score (nSPS) is 14.6. The minimum Gasteiger partial charge on any atom is -0.379 e. The molecule has 0 fully saturated rings. The number of hydrogen-bond donors (Lipinski definition) is 1. The van der Waals surface area contributed by atoms with Crippen molar-refractivity contribution in [3.8, 4) is 6.07 Å². The van der Waals surface area contributed by atoms with Crippen LogP contribution in [0.5, 0.6) is 0 Å². The average Bonchev–Trinajstić information content (AvgIpc) is 2.28. The number of hydrogen-bond acceptors (Lipinski definition) is 4. The molecule has 0 aliphatic carbocycles. The van der Waals surface area contributed by atoms with Crippen molar-refractivity contribution in [2.45, 2.75) is 39.7 Å². The van der Waals surface area contributed by atoms with Gasteiger partial charge >= 0.3 is 0 Å². The summed E-state index contributed by atoms with van der Waals surface area (Å²) >= 11 is 0. The Morgan fingerprint density at radius 2 is 1.88 bits per heavy atom. The molecular weight excluding hydrogens is 216 g/mol. The maximum absolute atomic E-state index is 9.03. The fourth-order valence-corrected chi connectivity index (χ4v) is 1.39. The van der Waals surface area contributed by atoms with Crippen LogP contribution in [0.15, 0.2) is 0 Å². The maximum atomic E-state index is 9.03. The molecule has 0 bridgehead atoms. The van der Waals surface area contributed by atoms with Crippen molar-refractivity contribution in [3.63, 3.8) is 0 Å². The van der Waals surface area contributed by atoms with Crippen LogP contribution >= 0.6 is 0 Å². The van der Waals surface area contributed by atoms with Crippen molar-refractivity contribution >= 4 is 0 Å². The van der Waals surface area contributed by atoms with Gasteiger partial charge in [0, 0.05) is 19.6 Å². The summed E-state index contributed by atoms with van der Waals surface area (Å²) in [5.74, 6) is 0.561. The first-order valence-corrected chi connectivity index (χ1v) is 6.36. The van der Waals surface area contributed by atoms with E-state index < -0.39 is 5.54 Å². The Hall–Kier alpha value is -0.630. The van der Waals surface area contributed by atoms with E-state index in [0.717, 1.165) is 13.2 Å². The third kappa shape index (κ3) is 9.11. The van der Waals surface area contributed by atoms with E-state index in [2.05, 4.69) is 25.2 Å². The molecule has 0 radical (unpaired) electrons. The quantitative estimate of drug-likeness (QED) is 0.595. The average molecular weight is 242 g/mol. The van der Waals surface area contributed by atoms with Crippen molar-refractivity contribution in [2.24, 2.45) is 5.92 Å². The first-order valence-electron chi connectivity index (χ1n) is 6.36. The lowest BCUT2D eigenvalue weighted by Gasteiger charge is -2.22. The third-order valence-electron chi connectivity index (χ3n) is 2.38. The second-order valence-corrected chi connectivity index (χ2v) is 4.81. The zero-order valence-corrected chi connectivity index (χ0v) is 11.6. The fraction of sp³-hybridized carbons (Fsp3) is 0.923. The molecule has 0 aliphatic heterocycles. The molecule has 1 atom stereocenters. The van der Waals surface area contributed by atoms with Crippen LogP contribution in [0.2, 0.25) is 0 Å². The van der Waals surface area contributed by atoms with Gasteiger partial charge in [0.2, 0.25) is 0 Å². The minimum absolute atomic E-state index is 0.479. The molecule has 100 valence electrons. The van der Waals surface area contributed by atoms with Crippen LogP contribution in [-0.2, 0) is 9.47 Å². The van der Waals surface area contributed by atoms with Crippen LogP contribution in [0, 0.1) is 17.2 Å². The molecule has 1 N–H and O–H groups in total. The van der Waals surface area contributed by atoms with Crippen molar-refractivity contribution in [2.75, 3.05) is 33.0 Å². The van der Waals surface area contributed by atoms with Crippen LogP contribution in [0.4, 0.5) is 0 Å². The molecular formula is C13H26N2O2. The van der Waals surface area contributed by atoms with Gasteiger partial charge in [-0.15, -0.1) is 0 Å². The van der Waals surface area contributed by atoms with E-state index in [4.69, 9.17) is 14.7 Å². The van der Waals surface area contributed by atoms with Gasteiger partial charge in [0.25, 0.3) is 0 Å². The van der Waals surface area contributed by atoms with E-state index in [9.17, 15) is 0 Å². The van der Waals surface area contributed by atoms with E-state index in [0.29, 0.717) is 32.2 Å². The molecule has 0 heterocycles. The van der Waals surface area contributed by atoms with Gasteiger partial charge in [-0.2, -0.15) is 5.26 Å². The molecule has 17 heavy (non-hydrogen) atoms. The van der Waals surface area contributed by atoms with Crippen LogP contribution in [0.25, 0.3) is 0 Å². The second kappa shape index (κ2) is 9.41. The number of nitrogens with one attached hydrogen (secondary N) is 1. The molecule has 0 aromatic heterocycles. The number of nitriles is 1. The molecule has 0 aliphatic rings. The highest BCUT2D eigenvalue weighted by atomic mass is 16.5. The first-order chi connectivity index (χ1) is 8.04. The smallest absolute Gasteiger partial charge is 0.106 e. The van der Waals surface area contributed by atoms with Gasteiger partial charge in [-0.1, -0.05) is 20.8 Å². The SMILES string of the molecule is CCNC(C)(C#N)CCOCCOCC(C)C. The van der Waals surface area contributed by atoms with E-state index in [1.165, 1.54) is 0 Å². The lowest BCUT2D eigenvalue weighted by atomic mass is 10.0. The minimum atomic E-state index is -0.479. The molecule has 0 rings (SSSR count). The van der Waals surface area contributed by atoms with Gasteiger partial charge in [-0.3, -0.25) is 5.32 Å². The summed E-state index contributed by atoms with van der Waals surface area (Å²) in [6.45, 7) is 11.5. The molecule has 4 heteroatoms. The molecule has 0 aromatic rings. The molecule has 1 unspecified atom stereocenters. The number of rotatable bonds is 10. The van der Waals surface area contributed by atoms with Crippen LogP contribution in [-0.4, -0.2) is 38.5 Å². The Bertz CT molecular complexity index is 226. The van der Waals surface area contributed by atoms with Crippen molar-refractivity contribution in [3.05, 3.63) is 0 Å². The lowest BCUT2D eigenvalue weighted by molar-refractivity contribution is 0.0334. The Morgan fingerprint density at radius 3 is 2.41 bits per heavy atom. The highest BCUT2D eigenvalue weighted by Gasteiger charge is 2.21. The van der Waals surface area contributed by atoms with Crippen LogP contribution < -0.4 is 5.32 Å². The van der Waals surface area contributed by atoms with Crippen molar-refractivity contribution in [1.82, 2.24) is 5.32 Å². The summed E-state index contributed by atoms with van der Waals surface area (Å²) in [5, 5.41) is 12.2. The summed E-state index contributed by atoms with van der Waals surface area (Å²) in [6, 6.07) is 2.27. The predicted molar refractivity (Wildman–Crippen MR) is 68.8 cm³/mol. The Morgan fingerprint density at radius 1 is 1.24 bits per heavy atom.